The van der Waals surface area contributed by atoms with E-state index in [0.717, 1.165) is 5.69 Å². The summed E-state index contributed by atoms with van der Waals surface area (Å²) in [6.45, 7) is 2.01. The molecule has 0 bridgehead atoms. The summed E-state index contributed by atoms with van der Waals surface area (Å²) in [5.74, 6) is 4.55. The number of halogens is 2. The van der Waals surface area contributed by atoms with Crippen LogP contribution in [0, 0.1) is 12.7 Å². The quantitative estimate of drug-likeness (QED) is 0.598. The third-order valence-electron chi connectivity index (χ3n) is 2.88. The van der Waals surface area contributed by atoms with Crippen LogP contribution in [0.1, 0.15) is 21.6 Å². The Labute approximate surface area is 126 Å². The van der Waals surface area contributed by atoms with Gasteiger partial charge in [-0.25, -0.2) is 4.39 Å². The van der Waals surface area contributed by atoms with Crippen LogP contribution in [0.3, 0.4) is 0 Å². The lowest BCUT2D eigenvalue weighted by molar-refractivity contribution is 0.0951. The monoisotopic (exact) mass is 308 g/mol. The first-order valence-electron chi connectivity index (χ1n) is 6.16. The highest BCUT2D eigenvalue weighted by molar-refractivity contribution is 6.30. The van der Waals surface area contributed by atoms with E-state index in [-0.39, 0.29) is 17.5 Å². The molecule has 5 nitrogen and oxygen atoms in total. The number of nitrogens with two attached hydrogens (primary N) is 1. The average molecular weight is 309 g/mol. The number of hydrogen-bond donors (Lipinski definition) is 3. The Morgan fingerprint density at radius 1 is 1.43 bits per heavy atom. The van der Waals surface area contributed by atoms with Gasteiger partial charge in [-0.05, 0) is 30.7 Å². The molecule has 1 aromatic carbocycles. The Morgan fingerprint density at radius 3 is 2.86 bits per heavy atom. The lowest BCUT2D eigenvalue weighted by Gasteiger charge is -2.10. The van der Waals surface area contributed by atoms with E-state index in [1.165, 1.54) is 18.3 Å². The topological polar surface area (TPSA) is 80.0 Å². The molecule has 0 spiro atoms. The van der Waals surface area contributed by atoms with Crippen molar-refractivity contribution in [1.29, 1.82) is 0 Å². The number of nitrogens with zero attached hydrogens (tertiary/aromatic N) is 1. The number of nitrogen functional groups attached to an aromatic ring is 1. The predicted molar refractivity (Wildman–Crippen MR) is 79.4 cm³/mol. The molecule has 1 aromatic heterocycles. The molecule has 2 aromatic rings. The molecule has 0 saturated heterocycles. The van der Waals surface area contributed by atoms with Gasteiger partial charge in [0.15, 0.2) is 0 Å². The van der Waals surface area contributed by atoms with Crippen LogP contribution < -0.4 is 16.6 Å². The largest absolute Gasteiger partial charge is 0.348 e. The Kier molecular flexibility index (Phi) is 4.72. The number of nitrogens with one attached hydrogen (secondary N) is 2. The van der Waals surface area contributed by atoms with Gasteiger partial charge in [0.2, 0.25) is 0 Å². The molecule has 0 unspecified atom stereocenters. The lowest BCUT2D eigenvalue weighted by atomic mass is 10.2. The number of hydrogen-bond acceptors (Lipinski definition) is 4. The molecular weight excluding hydrogens is 295 g/mol. The van der Waals surface area contributed by atoms with E-state index in [2.05, 4.69) is 15.7 Å². The van der Waals surface area contributed by atoms with Crippen molar-refractivity contribution in [3.05, 3.63) is 58.1 Å². The van der Waals surface area contributed by atoms with Gasteiger partial charge in [-0.15, -0.1) is 0 Å². The molecular formula is C14H14ClFN4O. The maximum atomic E-state index is 13.0. The van der Waals surface area contributed by atoms with Crippen LogP contribution in [0.15, 0.2) is 30.5 Å². The van der Waals surface area contributed by atoms with Crippen molar-refractivity contribution in [2.75, 3.05) is 5.43 Å². The van der Waals surface area contributed by atoms with Crippen LogP contribution in [-0.2, 0) is 6.54 Å². The normalized spacial score (nSPS) is 10.3. The van der Waals surface area contributed by atoms with Gasteiger partial charge in [0.1, 0.15) is 5.82 Å². The molecule has 0 radical (unpaired) electrons. The van der Waals surface area contributed by atoms with Gasteiger partial charge in [-0.1, -0.05) is 17.7 Å². The van der Waals surface area contributed by atoms with E-state index in [9.17, 15) is 9.18 Å². The minimum atomic E-state index is -0.496. The minimum absolute atomic E-state index is 0.0167. The molecule has 0 aliphatic carbocycles. The van der Waals surface area contributed by atoms with Gasteiger partial charge in [0.05, 0.1) is 16.3 Å². The van der Waals surface area contributed by atoms with Crippen molar-refractivity contribution < 1.29 is 9.18 Å². The highest BCUT2D eigenvalue weighted by Crippen LogP contribution is 2.17. The lowest BCUT2D eigenvalue weighted by Crippen LogP contribution is -2.25. The number of carbonyl (C=O) groups is 1. The molecule has 110 valence electrons. The first-order valence-corrected chi connectivity index (χ1v) is 6.54. The minimum Gasteiger partial charge on any atom is -0.348 e. The molecule has 0 aliphatic rings. The van der Waals surface area contributed by atoms with E-state index >= 15 is 0 Å². The summed E-state index contributed by atoms with van der Waals surface area (Å²) in [4.78, 5) is 16.2. The molecule has 21 heavy (non-hydrogen) atoms. The summed E-state index contributed by atoms with van der Waals surface area (Å²) in [5.41, 5.74) is 4.71. The maximum Gasteiger partial charge on any atom is 0.255 e. The molecule has 0 saturated carbocycles. The van der Waals surface area contributed by atoms with Gasteiger partial charge in [0, 0.05) is 18.4 Å². The van der Waals surface area contributed by atoms with E-state index in [0.29, 0.717) is 16.8 Å². The summed E-state index contributed by atoms with van der Waals surface area (Å²) in [6, 6.07) is 5.94. The van der Waals surface area contributed by atoms with Crippen molar-refractivity contribution in [3.63, 3.8) is 0 Å². The standard InChI is InChI=1S/C14H14ClFN4O/c1-8-4-13(20-17)10(7-18-8)14(21)19-6-9-2-3-12(16)11(15)5-9/h2-5,7H,6,17H2,1H3,(H,18,20)(H,19,21). The van der Waals surface area contributed by atoms with Crippen LogP contribution in [0.2, 0.25) is 5.02 Å². The van der Waals surface area contributed by atoms with Crippen molar-refractivity contribution in [1.82, 2.24) is 10.3 Å². The molecule has 1 amide bonds. The van der Waals surface area contributed by atoms with E-state index < -0.39 is 5.82 Å². The Bertz CT molecular complexity index is 678. The van der Waals surface area contributed by atoms with E-state index in [1.54, 1.807) is 19.1 Å². The smallest absolute Gasteiger partial charge is 0.255 e. The van der Waals surface area contributed by atoms with Gasteiger partial charge < -0.3 is 10.7 Å². The molecule has 1 heterocycles. The number of carbonyl (C=O) groups excluding carboxylic acids is 1. The number of hydrazine groups is 1. The average Bonchev–Trinajstić information content (AvgIpc) is 2.48. The van der Waals surface area contributed by atoms with Gasteiger partial charge in [-0.2, -0.15) is 0 Å². The first kappa shape index (κ1) is 15.2. The van der Waals surface area contributed by atoms with Crippen LogP contribution in [0.5, 0.6) is 0 Å². The molecule has 4 N–H and O–H groups in total. The second kappa shape index (κ2) is 6.51. The van der Waals surface area contributed by atoms with Gasteiger partial charge >= 0.3 is 0 Å². The van der Waals surface area contributed by atoms with Crippen LogP contribution in [0.4, 0.5) is 10.1 Å². The number of aryl methyl sites for hydroxylation is 1. The number of rotatable bonds is 4. The number of anilines is 1. The SMILES string of the molecule is Cc1cc(NN)c(C(=O)NCc2ccc(F)c(Cl)c2)cn1. The number of aromatic nitrogens is 1. The van der Waals surface area contributed by atoms with Crippen LogP contribution in [-0.4, -0.2) is 10.9 Å². The van der Waals surface area contributed by atoms with Gasteiger partial charge in [-0.3, -0.25) is 15.6 Å². The zero-order valence-corrected chi connectivity index (χ0v) is 12.0. The zero-order valence-electron chi connectivity index (χ0n) is 11.3. The fourth-order valence-corrected chi connectivity index (χ4v) is 1.99. The highest BCUT2D eigenvalue weighted by atomic mass is 35.5. The van der Waals surface area contributed by atoms with E-state index in [4.69, 9.17) is 17.4 Å². The Morgan fingerprint density at radius 2 is 2.19 bits per heavy atom. The molecule has 2 rings (SSSR count). The molecule has 0 fully saturated rings. The van der Waals surface area contributed by atoms with Crippen molar-refractivity contribution in [2.45, 2.75) is 13.5 Å². The van der Waals surface area contributed by atoms with E-state index in [1.807, 2.05) is 0 Å². The fourth-order valence-electron chi connectivity index (χ4n) is 1.79. The second-order valence-corrected chi connectivity index (χ2v) is 4.85. The Hall–Kier alpha value is -2.18. The number of amides is 1. The fraction of sp³-hybridized carbons (Fsp3) is 0.143. The second-order valence-electron chi connectivity index (χ2n) is 4.45. The number of benzene rings is 1. The summed E-state index contributed by atoms with van der Waals surface area (Å²) < 4.78 is 13.0. The summed E-state index contributed by atoms with van der Waals surface area (Å²) >= 11 is 5.69. The van der Waals surface area contributed by atoms with Crippen LogP contribution >= 0.6 is 11.6 Å². The maximum absolute atomic E-state index is 13.0. The predicted octanol–water partition coefficient (Wildman–Crippen LogP) is 2.40. The molecule has 0 aliphatic heterocycles. The van der Waals surface area contributed by atoms with Crippen molar-refractivity contribution in [3.8, 4) is 0 Å². The third-order valence-corrected chi connectivity index (χ3v) is 3.17. The van der Waals surface area contributed by atoms with Crippen molar-refractivity contribution >= 4 is 23.2 Å². The Balaban J connectivity index is 2.09. The van der Waals surface area contributed by atoms with Crippen molar-refractivity contribution in [2.24, 2.45) is 5.84 Å². The first-order chi connectivity index (χ1) is 10.0. The number of pyridine rings is 1. The van der Waals surface area contributed by atoms with Gasteiger partial charge in [0.25, 0.3) is 5.91 Å². The summed E-state index contributed by atoms with van der Waals surface area (Å²) in [5, 5.41) is 2.72. The summed E-state index contributed by atoms with van der Waals surface area (Å²) in [7, 11) is 0. The zero-order chi connectivity index (χ0) is 15.4. The molecule has 0 atom stereocenters. The third kappa shape index (κ3) is 3.68. The molecule has 7 heteroatoms. The van der Waals surface area contributed by atoms with Crippen LogP contribution in [0.25, 0.3) is 0 Å². The highest BCUT2D eigenvalue weighted by Gasteiger charge is 2.12. The summed E-state index contributed by atoms with van der Waals surface area (Å²) in [6.07, 6.45) is 1.44.